The number of anilines is 6. The Morgan fingerprint density at radius 1 is 0.400 bits per heavy atom. The molecule has 0 unspecified atom stereocenters. The summed E-state index contributed by atoms with van der Waals surface area (Å²) in [7, 11) is 0. The molecular weight excluding hydrogens is 775 g/mol. The lowest BCUT2D eigenvalue weighted by Crippen LogP contribution is -2.24. The minimum Gasteiger partial charge on any atom is -0.453 e. The minimum absolute atomic E-state index is 0.259. The van der Waals surface area contributed by atoms with Gasteiger partial charge in [0.15, 0.2) is 23.0 Å². The van der Waals surface area contributed by atoms with E-state index >= 15 is 0 Å². The lowest BCUT2D eigenvalue weighted by Gasteiger charge is -2.42. The molecule has 9 rings (SSSR count). The highest BCUT2D eigenvalue weighted by molar-refractivity contribution is 6.07. The summed E-state index contributed by atoms with van der Waals surface area (Å²) in [5.41, 5.74) is 4.67. The first-order valence-electron chi connectivity index (χ1n) is 19.6. The normalized spacial score (nSPS) is 13.3. The monoisotopic (exact) mass is 812 g/mol. The lowest BCUT2D eigenvalue weighted by molar-refractivity contribution is -0.138. The molecule has 0 bridgehead atoms. The Hall–Kier alpha value is -6.68. The fourth-order valence-corrected chi connectivity index (χ4v) is 8.53. The second kappa shape index (κ2) is 14.5. The maximum Gasteiger partial charge on any atom is 0.416 e. The molecule has 0 N–H and O–H groups in total. The van der Waals surface area contributed by atoms with Gasteiger partial charge in [0, 0.05) is 16.7 Å². The molecule has 0 saturated carbocycles. The average molecular weight is 813 g/mol. The zero-order valence-electron chi connectivity index (χ0n) is 33.0. The average Bonchev–Trinajstić information content (AvgIpc) is 3.23. The molecule has 0 spiro atoms. The van der Waals surface area contributed by atoms with Crippen LogP contribution in [0.15, 0.2) is 146 Å². The summed E-state index contributed by atoms with van der Waals surface area (Å²) in [6.07, 6.45) is -9.36. The molecule has 0 saturated heterocycles. The van der Waals surface area contributed by atoms with E-state index in [4.69, 9.17) is 9.47 Å². The summed E-state index contributed by atoms with van der Waals surface area (Å²) in [5, 5.41) is 0. The molecule has 10 heteroatoms. The smallest absolute Gasteiger partial charge is 0.416 e. The number of hydrogen-bond acceptors (Lipinski definition) is 4. The number of rotatable bonds is 6. The molecule has 7 aromatic rings. The van der Waals surface area contributed by atoms with Crippen molar-refractivity contribution in [2.45, 2.75) is 51.9 Å². The van der Waals surface area contributed by atoms with Gasteiger partial charge in [-0.25, -0.2) is 0 Å². The fraction of sp³-hybridized carbons (Fsp3) is 0.160. The Labute approximate surface area is 343 Å². The van der Waals surface area contributed by atoms with Gasteiger partial charge < -0.3 is 19.3 Å². The topological polar surface area (TPSA) is 24.9 Å². The molecule has 302 valence electrons. The van der Waals surface area contributed by atoms with E-state index in [0.717, 1.165) is 24.3 Å². The Morgan fingerprint density at radius 3 is 1.02 bits per heavy atom. The number of alkyl halides is 6. The maximum atomic E-state index is 14.7. The highest BCUT2D eigenvalue weighted by Gasteiger charge is 2.41. The van der Waals surface area contributed by atoms with Gasteiger partial charge in [0.1, 0.15) is 0 Å². The van der Waals surface area contributed by atoms with Crippen molar-refractivity contribution in [3.8, 4) is 45.3 Å². The highest BCUT2D eigenvalue weighted by Crippen LogP contribution is 2.63. The van der Waals surface area contributed by atoms with Crippen LogP contribution in [-0.4, -0.2) is 0 Å². The molecule has 0 radical (unpaired) electrons. The fourth-order valence-electron chi connectivity index (χ4n) is 8.53. The van der Waals surface area contributed by atoms with E-state index < -0.39 is 29.4 Å². The van der Waals surface area contributed by atoms with E-state index in [2.05, 4.69) is 0 Å². The van der Waals surface area contributed by atoms with Crippen LogP contribution in [0.2, 0.25) is 0 Å². The van der Waals surface area contributed by atoms with E-state index in [9.17, 15) is 26.3 Å². The van der Waals surface area contributed by atoms with Gasteiger partial charge in [-0.2, -0.15) is 26.3 Å². The zero-order chi connectivity index (χ0) is 42.1. The molecule has 0 atom stereocenters. The Morgan fingerprint density at radius 2 is 0.717 bits per heavy atom. The summed E-state index contributed by atoms with van der Waals surface area (Å²) >= 11 is 0. The second-order valence-corrected chi connectivity index (χ2v) is 15.5. The van der Waals surface area contributed by atoms with Crippen molar-refractivity contribution in [3.63, 3.8) is 0 Å². The summed E-state index contributed by atoms with van der Waals surface area (Å²) in [6, 6.07) is 40.3. The summed E-state index contributed by atoms with van der Waals surface area (Å²) in [5.74, 6) is 1.27. The summed E-state index contributed by atoms with van der Waals surface area (Å²) in [6.45, 7) is 7.85. The maximum absolute atomic E-state index is 14.7. The van der Waals surface area contributed by atoms with Crippen LogP contribution in [0.1, 0.15) is 61.8 Å². The first kappa shape index (κ1) is 38.8. The first-order valence-corrected chi connectivity index (χ1v) is 19.6. The quantitative estimate of drug-likeness (QED) is 0.156. The predicted octanol–water partition coefficient (Wildman–Crippen LogP) is 16.5. The first-order chi connectivity index (χ1) is 28.7. The van der Waals surface area contributed by atoms with Crippen LogP contribution >= 0.6 is 0 Å². The number of nitrogens with zero attached hydrogens (tertiary/aromatic N) is 2. The number of para-hydroxylation sites is 8. The zero-order valence-corrected chi connectivity index (χ0v) is 33.0. The molecule has 0 fully saturated rings. The van der Waals surface area contributed by atoms with Gasteiger partial charge in [0.05, 0.1) is 45.3 Å². The van der Waals surface area contributed by atoms with E-state index in [-0.39, 0.29) is 17.0 Å². The molecule has 0 aromatic heterocycles. The van der Waals surface area contributed by atoms with Crippen molar-refractivity contribution >= 4 is 34.1 Å². The van der Waals surface area contributed by atoms with Gasteiger partial charge in [-0.15, -0.1) is 0 Å². The van der Waals surface area contributed by atoms with Gasteiger partial charge in [0.2, 0.25) is 0 Å². The van der Waals surface area contributed by atoms with Crippen molar-refractivity contribution in [1.29, 1.82) is 0 Å². The Balaban J connectivity index is 1.57. The van der Waals surface area contributed by atoms with Crippen LogP contribution in [-0.2, 0) is 12.4 Å². The SMILES string of the molecule is CC(C)c1c(-c2cccc(C(F)(F)F)c2)c(N2c3ccccc3Oc3ccccc32)c(C(C)C)c(N2c3ccccc3Oc3ccccc32)c1-c1cccc(C(F)(F)F)c1. The highest BCUT2D eigenvalue weighted by atomic mass is 19.4. The molecule has 60 heavy (non-hydrogen) atoms. The second-order valence-electron chi connectivity index (χ2n) is 15.5. The van der Waals surface area contributed by atoms with Crippen molar-refractivity contribution in [3.05, 3.63) is 168 Å². The molecule has 4 nitrogen and oxygen atoms in total. The molecule has 2 aliphatic rings. The molecule has 7 aromatic carbocycles. The largest absolute Gasteiger partial charge is 0.453 e. The van der Waals surface area contributed by atoms with Gasteiger partial charge >= 0.3 is 12.4 Å². The number of halogens is 6. The van der Waals surface area contributed by atoms with E-state index in [1.54, 1.807) is 12.1 Å². The Bertz CT molecular complexity index is 2520. The number of hydrogen-bond donors (Lipinski definition) is 0. The van der Waals surface area contributed by atoms with Gasteiger partial charge in [-0.1, -0.05) is 100 Å². The van der Waals surface area contributed by atoms with Crippen molar-refractivity contribution in [2.75, 3.05) is 9.80 Å². The third-order valence-electron chi connectivity index (χ3n) is 10.9. The van der Waals surface area contributed by atoms with Gasteiger partial charge in [0.25, 0.3) is 0 Å². The number of fused-ring (bicyclic) bond motifs is 4. The molecule has 2 heterocycles. The minimum atomic E-state index is -4.68. The van der Waals surface area contributed by atoms with Crippen LogP contribution < -0.4 is 19.3 Å². The van der Waals surface area contributed by atoms with Crippen LogP contribution in [0, 0.1) is 0 Å². The third kappa shape index (κ3) is 6.51. The van der Waals surface area contributed by atoms with Crippen molar-refractivity contribution < 1.29 is 35.8 Å². The standard InChI is InChI=1S/C50H38F6N2O2/c1-29(2)43-45(31-15-13-17-33(27-31)49(51,52)53)47(57-35-19-5-9-23-39(35)59-40-24-10-6-20-36(40)57)44(30(3)4)48(46(43)32-16-14-18-34(28-32)50(54,55)56)58-37-21-7-11-25-41(37)60-42-26-12-8-22-38(42)58/h5-30H,1-4H3. The number of benzene rings is 7. The molecule has 0 amide bonds. The van der Waals surface area contributed by atoms with Gasteiger partial charge in [-0.3, -0.25) is 0 Å². The summed E-state index contributed by atoms with van der Waals surface area (Å²) in [4.78, 5) is 4.09. The van der Waals surface area contributed by atoms with Crippen LogP contribution in [0.4, 0.5) is 60.5 Å². The predicted molar refractivity (Wildman–Crippen MR) is 225 cm³/mol. The molecule has 2 aliphatic heterocycles. The summed E-state index contributed by atoms with van der Waals surface area (Å²) < 4.78 is 101. The molecule has 0 aliphatic carbocycles. The van der Waals surface area contributed by atoms with Crippen LogP contribution in [0.3, 0.4) is 0 Å². The van der Waals surface area contributed by atoms with E-state index in [0.29, 0.717) is 79.4 Å². The van der Waals surface area contributed by atoms with Gasteiger partial charge in [-0.05, 0) is 101 Å². The van der Waals surface area contributed by atoms with E-state index in [1.165, 1.54) is 12.1 Å². The van der Waals surface area contributed by atoms with Crippen LogP contribution in [0.5, 0.6) is 23.0 Å². The van der Waals surface area contributed by atoms with Crippen LogP contribution in [0.25, 0.3) is 22.3 Å². The van der Waals surface area contributed by atoms with E-state index in [1.807, 2.05) is 135 Å². The molecular formula is C50H38F6N2O2. The van der Waals surface area contributed by atoms with Crippen molar-refractivity contribution in [2.24, 2.45) is 0 Å². The third-order valence-corrected chi connectivity index (χ3v) is 10.9. The number of ether oxygens (including phenoxy) is 2. The Kier molecular flexibility index (Phi) is 9.41. The van der Waals surface area contributed by atoms with Crippen molar-refractivity contribution in [1.82, 2.24) is 0 Å². The lowest BCUT2D eigenvalue weighted by atomic mass is 9.77.